The third-order valence-corrected chi connectivity index (χ3v) is 2.52. The zero-order valence-electron chi connectivity index (χ0n) is 9.26. The second-order valence-corrected chi connectivity index (χ2v) is 3.64. The number of aliphatic hydroxyl groups is 2. The Hall–Kier alpha value is -0.200. The van der Waals surface area contributed by atoms with Crippen molar-refractivity contribution in [3.63, 3.8) is 0 Å². The number of hydrogen-bond acceptors (Lipinski definition) is 5. The highest BCUT2D eigenvalue weighted by Crippen LogP contribution is 2.24. The molecule has 0 radical (unpaired) electrons. The summed E-state index contributed by atoms with van der Waals surface area (Å²) < 4.78 is 15.8. The maximum Gasteiger partial charge on any atom is 0.186 e. The minimum Gasteiger partial charge on any atom is -0.394 e. The fraction of sp³-hybridized carbons (Fsp3) is 1.00. The summed E-state index contributed by atoms with van der Waals surface area (Å²) in [5, 5.41) is 18.7. The predicted molar refractivity (Wildman–Crippen MR) is 53.4 cm³/mol. The molecule has 15 heavy (non-hydrogen) atoms. The summed E-state index contributed by atoms with van der Waals surface area (Å²) in [6.45, 7) is 2.41. The van der Waals surface area contributed by atoms with Gasteiger partial charge in [0.05, 0.1) is 6.61 Å². The third-order valence-electron chi connectivity index (χ3n) is 2.52. The molecule has 0 aromatic heterocycles. The summed E-state index contributed by atoms with van der Waals surface area (Å²) in [7, 11) is 1.49. The summed E-state index contributed by atoms with van der Waals surface area (Å²) in [5.41, 5.74) is 0. The van der Waals surface area contributed by atoms with E-state index in [9.17, 15) is 5.11 Å². The molecule has 0 saturated carbocycles. The van der Waals surface area contributed by atoms with E-state index in [1.165, 1.54) is 7.11 Å². The standard InChI is InChI=1S/C10H20O5/c1-3-4-5-14-9-8(12)7(6-11)15-10(9)13-2/h7-12H,3-6H2,1-2H3/t7-,8-,9-,10+/m1/s1. The molecule has 1 rings (SSSR count). The quantitative estimate of drug-likeness (QED) is 0.612. The van der Waals surface area contributed by atoms with E-state index in [2.05, 4.69) is 6.92 Å². The summed E-state index contributed by atoms with van der Waals surface area (Å²) in [6.07, 6.45) is -0.556. The molecule has 1 saturated heterocycles. The Labute approximate surface area is 89.9 Å². The van der Waals surface area contributed by atoms with Crippen molar-refractivity contribution < 1.29 is 24.4 Å². The van der Waals surface area contributed by atoms with E-state index < -0.39 is 24.6 Å². The molecule has 1 aliphatic rings. The van der Waals surface area contributed by atoms with Crippen LogP contribution in [-0.2, 0) is 14.2 Å². The zero-order valence-corrected chi connectivity index (χ0v) is 9.26. The van der Waals surface area contributed by atoms with Crippen LogP contribution in [0, 0.1) is 0 Å². The van der Waals surface area contributed by atoms with E-state index >= 15 is 0 Å². The molecule has 90 valence electrons. The lowest BCUT2D eigenvalue weighted by molar-refractivity contribution is -0.165. The van der Waals surface area contributed by atoms with Crippen molar-refractivity contribution >= 4 is 0 Å². The summed E-state index contributed by atoms with van der Waals surface area (Å²) in [4.78, 5) is 0. The van der Waals surface area contributed by atoms with Crippen LogP contribution in [0.5, 0.6) is 0 Å². The lowest BCUT2D eigenvalue weighted by Gasteiger charge is -2.19. The molecule has 0 aliphatic carbocycles. The summed E-state index contributed by atoms with van der Waals surface area (Å²) >= 11 is 0. The second kappa shape index (κ2) is 6.40. The SMILES string of the molecule is CCCCO[C@H]1[C@@H](OC)O[C@H](CO)[C@H]1O. The van der Waals surface area contributed by atoms with E-state index in [0.717, 1.165) is 12.8 Å². The molecule has 2 N–H and O–H groups in total. The molecular weight excluding hydrogens is 200 g/mol. The molecule has 1 aliphatic heterocycles. The molecule has 0 spiro atoms. The Kier molecular flexibility index (Phi) is 5.49. The van der Waals surface area contributed by atoms with Gasteiger partial charge in [-0.2, -0.15) is 0 Å². The monoisotopic (exact) mass is 220 g/mol. The van der Waals surface area contributed by atoms with Gasteiger partial charge in [-0.15, -0.1) is 0 Å². The third kappa shape index (κ3) is 3.12. The molecule has 0 bridgehead atoms. The van der Waals surface area contributed by atoms with Crippen LogP contribution in [0.15, 0.2) is 0 Å². The molecule has 0 aromatic carbocycles. The first kappa shape index (κ1) is 12.9. The van der Waals surface area contributed by atoms with Crippen molar-refractivity contribution in [3.05, 3.63) is 0 Å². The molecule has 1 fully saturated rings. The molecule has 0 unspecified atom stereocenters. The Morgan fingerprint density at radius 2 is 2.13 bits per heavy atom. The number of aliphatic hydroxyl groups excluding tert-OH is 2. The molecule has 1 heterocycles. The summed E-state index contributed by atoms with van der Waals surface area (Å²) in [5.74, 6) is 0. The van der Waals surface area contributed by atoms with Crippen LogP contribution in [0.25, 0.3) is 0 Å². The van der Waals surface area contributed by atoms with Crippen LogP contribution < -0.4 is 0 Å². The maximum absolute atomic E-state index is 9.76. The number of methoxy groups -OCH3 is 1. The normalized spacial score (nSPS) is 36.0. The van der Waals surface area contributed by atoms with E-state index in [-0.39, 0.29) is 6.61 Å². The van der Waals surface area contributed by atoms with E-state index in [1.807, 2.05) is 0 Å². The highest BCUT2D eigenvalue weighted by Gasteiger charge is 2.44. The molecule has 0 amide bonds. The van der Waals surface area contributed by atoms with Crippen LogP contribution in [0.2, 0.25) is 0 Å². The van der Waals surface area contributed by atoms with Crippen LogP contribution in [0.1, 0.15) is 19.8 Å². The van der Waals surface area contributed by atoms with Gasteiger partial charge < -0.3 is 24.4 Å². The lowest BCUT2D eigenvalue weighted by Crippen LogP contribution is -2.37. The van der Waals surface area contributed by atoms with Crippen molar-refractivity contribution in [2.75, 3.05) is 20.3 Å². The Bertz CT molecular complexity index is 173. The van der Waals surface area contributed by atoms with E-state index in [0.29, 0.717) is 6.61 Å². The van der Waals surface area contributed by atoms with Gasteiger partial charge >= 0.3 is 0 Å². The van der Waals surface area contributed by atoms with Crippen LogP contribution in [-0.4, -0.2) is 55.1 Å². The Balaban J connectivity index is 2.44. The molecule has 4 atom stereocenters. The summed E-state index contributed by atoms with van der Waals surface area (Å²) in [6, 6.07) is 0. The van der Waals surface area contributed by atoms with Gasteiger partial charge in [0.25, 0.3) is 0 Å². The fourth-order valence-electron chi connectivity index (χ4n) is 1.58. The van der Waals surface area contributed by atoms with Gasteiger partial charge in [-0.1, -0.05) is 13.3 Å². The minimum atomic E-state index is -0.822. The van der Waals surface area contributed by atoms with Crippen molar-refractivity contribution in [2.45, 2.75) is 44.4 Å². The number of hydrogen-bond donors (Lipinski definition) is 2. The van der Waals surface area contributed by atoms with Crippen molar-refractivity contribution in [2.24, 2.45) is 0 Å². The van der Waals surface area contributed by atoms with Gasteiger partial charge in [0.15, 0.2) is 6.29 Å². The van der Waals surface area contributed by atoms with Crippen LogP contribution in [0.3, 0.4) is 0 Å². The first-order chi connectivity index (χ1) is 7.24. The zero-order chi connectivity index (χ0) is 11.3. The van der Waals surface area contributed by atoms with Gasteiger partial charge in [-0.3, -0.25) is 0 Å². The number of rotatable bonds is 6. The van der Waals surface area contributed by atoms with Gasteiger partial charge in [-0.25, -0.2) is 0 Å². The second-order valence-electron chi connectivity index (χ2n) is 3.64. The predicted octanol–water partition coefficient (Wildman–Crippen LogP) is -0.104. The van der Waals surface area contributed by atoms with Crippen molar-refractivity contribution in [1.82, 2.24) is 0 Å². The fourth-order valence-corrected chi connectivity index (χ4v) is 1.58. The highest BCUT2D eigenvalue weighted by atomic mass is 16.7. The van der Waals surface area contributed by atoms with Crippen molar-refractivity contribution in [1.29, 1.82) is 0 Å². The number of ether oxygens (including phenoxy) is 3. The highest BCUT2D eigenvalue weighted by molar-refractivity contribution is 4.87. The van der Waals surface area contributed by atoms with Crippen LogP contribution >= 0.6 is 0 Å². The Morgan fingerprint density at radius 1 is 1.40 bits per heavy atom. The van der Waals surface area contributed by atoms with Gasteiger partial charge in [0.2, 0.25) is 0 Å². The smallest absolute Gasteiger partial charge is 0.186 e. The molecular formula is C10H20O5. The van der Waals surface area contributed by atoms with Crippen LogP contribution in [0.4, 0.5) is 0 Å². The topological polar surface area (TPSA) is 68.2 Å². The molecule has 5 heteroatoms. The van der Waals surface area contributed by atoms with E-state index in [1.54, 1.807) is 0 Å². The molecule has 5 nitrogen and oxygen atoms in total. The van der Waals surface area contributed by atoms with Gasteiger partial charge in [-0.05, 0) is 6.42 Å². The minimum absolute atomic E-state index is 0.228. The maximum atomic E-state index is 9.76. The lowest BCUT2D eigenvalue weighted by atomic mass is 10.1. The molecule has 0 aromatic rings. The first-order valence-corrected chi connectivity index (χ1v) is 5.33. The largest absolute Gasteiger partial charge is 0.394 e. The number of unbranched alkanes of at least 4 members (excludes halogenated alkanes) is 1. The van der Waals surface area contributed by atoms with Gasteiger partial charge in [0, 0.05) is 13.7 Å². The first-order valence-electron chi connectivity index (χ1n) is 5.33. The van der Waals surface area contributed by atoms with Crippen molar-refractivity contribution in [3.8, 4) is 0 Å². The Morgan fingerprint density at radius 3 is 2.67 bits per heavy atom. The average Bonchev–Trinajstić information content (AvgIpc) is 2.56. The van der Waals surface area contributed by atoms with E-state index in [4.69, 9.17) is 19.3 Å². The average molecular weight is 220 g/mol. The van der Waals surface area contributed by atoms with Gasteiger partial charge in [0.1, 0.15) is 18.3 Å².